The molecule has 128 valence electrons. The minimum atomic E-state index is 0.0252. The van der Waals surface area contributed by atoms with Gasteiger partial charge in [0.2, 0.25) is 11.8 Å². The summed E-state index contributed by atoms with van der Waals surface area (Å²) in [7, 11) is 0. The van der Waals surface area contributed by atoms with Crippen molar-refractivity contribution in [3.63, 3.8) is 0 Å². The maximum atomic E-state index is 12.7. The molecular weight excluding hydrogens is 316 g/mol. The van der Waals surface area contributed by atoms with Crippen LogP contribution in [0, 0.1) is 6.92 Å². The van der Waals surface area contributed by atoms with Gasteiger partial charge in [-0.2, -0.15) is 4.98 Å². The zero-order valence-electron chi connectivity index (χ0n) is 14.1. The summed E-state index contributed by atoms with van der Waals surface area (Å²) in [6, 6.07) is 14.1. The molecule has 1 amide bonds. The van der Waals surface area contributed by atoms with Crippen molar-refractivity contribution in [1.29, 1.82) is 0 Å². The summed E-state index contributed by atoms with van der Waals surface area (Å²) in [4.78, 5) is 19.0. The highest BCUT2D eigenvalue weighted by molar-refractivity contribution is 5.76. The number of nitrogens with zero attached hydrogens (tertiary/aromatic N) is 4. The fraction of sp³-hybridized carbons (Fsp3) is 0.316. The van der Waals surface area contributed by atoms with E-state index in [1.807, 2.05) is 59.1 Å². The Kier molecular flexibility index (Phi) is 4.09. The lowest BCUT2D eigenvalue weighted by Crippen LogP contribution is -2.31. The lowest BCUT2D eigenvalue weighted by Gasteiger charge is -2.17. The lowest BCUT2D eigenvalue weighted by molar-refractivity contribution is -0.130. The van der Waals surface area contributed by atoms with Crippen molar-refractivity contribution in [2.45, 2.75) is 25.3 Å². The molecule has 0 aliphatic carbocycles. The van der Waals surface area contributed by atoms with Crippen LogP contribution in [0.3, 0.4) is 0 Å². The summed E-state index contributed by atoms with van der Waals surface area (Å²) in [6.45, 7) is 3.43. The summed E-state index contributed by atoms with van der Waals surface area (Å²) in [5.74, 6) is 1.53. The standard InChI is InChI=1S/C19H20N4O2/c1-14-20-19(25-21-14)17-12-23(18(24)13-22-9-5-6-10-22)11-16(17)15-7-3-2-4-8-15/h2-10,16-17H,11-13H2,1H3/t16-,17-/m0/s1. The van der Waals surface area contributed by atoms with Crippen molar-refractivity contribution in [2.24, 2.45) is 0 Å². The zero-order chi connectivity index (χ0) is 17.2. The van der Waals surface area contributed by atoms with E-state index in [1.165, 1.54) is 5.56 Å². The molecule has 0 bridgehead atoms. The van der Waals surface area contributed by atoms with Crippen LogP contribution in [0.2, 0.25) is 0 Å². The number of hydrogen-bond donors (Lipinski definition) is 0. The minimum absolute atomic E-state index is 0.0252. The number of carbonyl (C=O) groups is 1. The number of benzene rings is 1. The van der Waals surface area contributed by atoms with Crippen LogP contribution in [0.4, 0.5) is 0 Å². The fourth-order valence-electron chi connectivity index (χ4n) is 3.49. The molecule has 2 atom stereocenters. The van der Waals surface area contributed by atoms with Crippen molar-refractivity contribution in [1.82, 2.24) is 19.6 Å². The number of rotatable bonds is 4. The summed E-state index contributed by atoms with van der Waals surface area (Å²) >= 11 is 0. The van der Waals surface area contributed by atoms with Crippen LogP contribution in [0.25, 0.3) is 0 Å². The smallest absolute Gasteiger partial charge is 0.242 e. The maximum Gasteiger partial charge on any atom is 0.242 e. The Morgan fingerprint density at radius 3 is 2.52 bits per heavy atom. The van der Waals surface area contributed by atoms with Gasteiger partial charge in [-0.25, -0.2) is 0 Å². The average Bonchev–Trinajstić information content (AvgIpc) is 3.35. The van der Waals surface area contributed by atoms with Gasteiger partial charge in [0.15, 0.2) is 5.82 Å². The van der Waals surface area contributed by atoms with E-state index in [0.717, 1.165) is 0 Å². The largest absolute Gasteiger partial charge is 0.345 e. The Balaban J connectivity index is 1.59. The van der Waals surface area contributed by atoms with Crippen LogP contribution < -0.4 is 0 Å². The normalized spacial score (nSPS) is 20.1. The fourth-order valence-corrected chi connectivity index (χ4v) is 3.49. The van der Waals surface area contributed by atoms with Crippen molar-refractivity contribution in [2.75, 3.05) is 13.1 Å². The van der Waals surface area contributed by atoms with E-state index in [4.69, 9.17) is 4.52 Å². The highest BCUT2D eigenvalue weighted by Crippen LogP contribution is 2.39. The minimum Gasteiger partial charge on any atom is -0.345 e. The molecule has 0 radical (unpaired) electrons. The highest BCUT2D eigenvalue weighted by atomic mass is 16.5. The lowest BCUT2D eigenvalue weighted by atomic mass is 9.89. The Hall–Kier alpha value is -2.89. The monoisotopic (exact) mass is 336 g/mol. The van der Waals surface area contributed by atoms with Gasteiger partial charge in [0.05, 0.1) is 5.92 Å². The topological polar surface area (TPSA) is 64.2 Å². The van der Waals surface area contributed by atoms with Gasteiger partial charge in [-0.3, -0.25) is 4.79 Å². The summed E-state index contributed by atoms with van der Waals surface area (Å²) in [6.07, 6.45) is 3.81. The van der Waals surface area contributed by atoms with Gasteiger partial charge in [-0.15, -0.1) is 0 Å². The quantitative estimate of drug-likeness (QED) is 0.734. The molecule has 6 heteroatoms. The second-order valence-corrected chi connectivity index (χ2v) is 6.46. The van der Waals surface area contributed by atoms with Gasteiger partial charge in [-0.05, 0) is 24.6 Å². The molecule has 1 aliphatic rings. The van der Waals surface area contributed by atoms with Crippen LogP contribution in [0.15, 0.2) is 59.4 Å². The number of amides is 1. The third kappa shape index (κ3) is 3.20. The number of hydrogen-bond acceptors (Lipinski definition) is 4. The first-order valence-corrected chi connectivity index (χ1v) is 8.44. The van der Waals surface area contributed by atoms with Gasteiger partial charge >= 0.3 is 0 Å². The van der Waals surface area contributed by atoms with Crippen LogP contribution >= 0.6 is 0 Å². The van der Waals surface area contributed by atoms with E-state index >= 15 is 0 Å². The second-order valence-electron chi connectivity index (χ2n) is 6.46. The molecule has 25 heavy (non-hydrogen) atoms. The van der Waals surface area contributed by atoms with Crippen LogP contribution in [0.5, 0.6) is 0 Å². The van der Waals surface area contributed by atoms with E-state index in [9.17, 15) is 4.79 Å². The summed E-state index contributed by atoms with van der Waals surface area (Å²) in [5.41, 5.74) is 1.19. The predicted molar refractivity (Wildman–Crippen MR) is 92.0 cm³/mol. The molecule has 6 nitrogen and oxygen atoms in total. The van der Waals surface area contributed by atoms with Gasteiger partial charge in [0, 0.05) is 31.4 Å². The molecule has 0 N–H and O–H groups in total. The van der Waals surface area contributed by atoms with Crippen molar-refractivity contribution in [3.05, 3.63) is 72.1 Å². The molecule has 0 saturated carbocycles. The number of aryl methyl sites for hydroxylation is 1. The molecule has 1 saturated heterocycles. The van der Waals surface area contributed by atoms with Crippen LogP contribution in [-0.4, -0.2) is 38.6 Å². The predicted octanol–water partition coefficient (Wildman–Crippen LogP) is 2.59. The van der Waals surface area contributed by atoms with Gasteiger partial charge in [0.25, 0.3) is 0 Å². The molecule has 0 spiro atoms. The molecule has 1 aliphatic heterocycles. The Morgan fingerprint density at radius 2 is 1.84 bits per heavy atom. The third-order valence-electron chi connectivity index (χ3n) is 4.74. The molecule has 3 heterocycles. The summed E-state index contributed by atoms with van der Waals surface area (Å²) < 4.78 is 7.32. The van der Waals surface area contributed by atoms with Gasteiger partial charge in [-0.1, -0.05) is 35.5 Å². The maximum absolute atomic E-state index is 12.7. The first-order valence-electron chi connectivity index (χ1n) is 8.44. The molecule has 2 aromatic heterocycles. The molecule has 1 aromatic carbocycles. The zero-order valence-corrected chi connectivity index (χ0v) is 14.1. The van der Waals surface area contributed by atoms with Gasteiger partial charge < -0.3 is 14.0 Å². The molecule has 0 unspecified atom stereocenters. The third-order valence-corrected chi connectivity index (χ3v) is 4.74. The Morgan fingerprint density at radius 1 is 1.12 bits per heavy atom. The van der Waals surface area contributed by atoms with E-state index in [0.29, 0.717) is 31.3 Å². The van der Waals surface area contributed by atoms with Crippen molar-refractivity contribution >= 4 is 5.91 Å². The Labute approximate surface area is 146 Å². The van der Waals surface area contributed by atoms with Crippen LogP contribution in [0.1, 0.15) is 29.1 Å². The SMILES string of the molecule is Cc1noc([C@H]2CN(C(=O)Cn3cccc3)C[C@H]2c2ccccc2)n1. The molecule has 1 fully saturated rings. The first kappa shape index (κ1) is 15.6. The van der Waals surface area contributed by atoms with Crippen molar-refractivity contribution in [3.8, 4) is 0 Å². The number of likely N-dealkylation sites (tertiary alicyclic amines) is 1. The highest BCUT2D eigenvalue weighted by Gasteiger charge is 2.40. The van der Waals surface area contributed by atoms with Crippen LogP contribution in [-0.2, 0) is 11.3 Å². The number of carbonyl (C=O) groups excluding carboxylic acids is 1. The molecular formula is C19H20N4O2. The second kappa shape index (κ2) is 6.55. The van der Waals surface area contributed by atoms with E-state index < -0.39 is 0 Å². The van der Waals surface area contributed by atoms with E-state index in [-0.39, 0.29) is 17.7 Å². The van der Waals surface area contributed by atoms with Crippen molar-refractivity contribution < 1.29 is 9.32 Å². The summed E-state index contributed by atoms with van der Waals surface area (Å²) in [5, 5.41) is 3.93. The number of aromatic nitrogens is 3. The van der Waals surface area contributed by atoms with Gasteiger partial charge in [0.1, 0.15) is 6.54 Å². The molecule has 3 aromatic rings. The van der Waals surface area contributed by atoms with E-state index in [1.54, 1.807) is 0 Å². The average molecular weight is 336 g/mol. The van der Waals surface area contributed by atoms with E-state index in [2.05, 4.69) is 22.3 Å². The molecule has 4 rings (SSSR count). The Bertz CT molecular complexity index is 841. The first-order chi connectivity index (χ1) is 12.2.